The number of hydrogen-bond donors (Lipinski definition) is 2. The van der Waals surface area contributed by atoms with Gasteiger partial charge in [-0.2, -0.15) is 0 Å². The van der Waals surface area contributed by atoms with Crippen molar-refractivity contribution >= 4 is 23.4 Å². The maximum absolute atomic E-state index is 12.2. The van der Waals surface area contributed by atoms with Crippen LogP contribution in [0.5, 0.6) is 0 Å². The van der Waals surface area contributed by atoms with Crippen LogP contribution < -0.4 is 10.6 Å². The topological polar surface area (TPSA) is 58.2 Å². The molecule has 1 aromatic rings. The highest BCUT2D eigenvalue weighted by Crippen LogP contribution is 2.17. The van der Waals surface area contributed by atoms with Gasteiger partial charge in [0.2, 0.25) is 11.8 Å². The molecule has 0 aliphatic carbocycles. The van der Waals surface area contributed by atoms with Crippen molar-refractivity contribution in [1.82, 2.24) is 10.6 Å². The Bertz CT molecular complexity index is 498. The summed E-state index contributed by atoms with van der Waals surface area (Å²) in [5.41, 5.74) is -0.165. The smallest absolute Gasteiger partial charge is 0.235 e. The lowest BCUT2D eigenvalue weighted by Crippen LogP contribution is -2.49. The first-order chi connectivity index (χ1) is 9.77. The number of halogens is 1. The van der Waals surface area contributed by atoms with Crippen LogP contribution in [0.25, 0.3) is 0 Å². The summed E-state index contributed by atoms with van der Waals surface area (Å²) in [5.74, 6) is -0.552. The summed E-state index contributed by atoms with van der Waals surface area (Å²) >= 11 is 5.81. The number of rotatable bonds is 6. The molecule has 0 fully saturated rings. The zero-order valence-electron chi connectivity index (χ0n) is 13.0. The van der Waals surface area contributed by atoms with Gasteiger partial charge in [-0.05, 0) is 44.9 Å². The van der Waals surface area contributed by atoms with E-state index in [1.54, 1.807) is 26.0 Å². The quantitative estimate of drug-likeness (QED) is 0.794. The molecule has 0 aliphatic rings. The molecule has 0 aliphatic heterocycles. The van der Waals surface area contributed by atoms with Crippen LogP contribution in [0.4, 0.5) is 0 Å². The lowest BCUT2D eigenvalue weighted by Gasteiger charge is -2.24. The SMILES string of the molecule is CCC(C)NC(=O)C(C)(C)C(=O)NCc1ccc(Cl)cc1. The number of amides is 2. The molecule has 1 atom stereocenters. The second-order valence-electron chi connectivity index (χ2n) is 5.72. The van der Waals surface area contributed by atoms with Crippen molar-refractivity contribution in [3.8, 4) is 0 Å². The Hall–Kier alpha value is -1.55. The van der Waals surface area contributed by atoms with E-state index in [1.807, 2.05) is 26.0 Å². The van der Waals surface area contributed by atoms with Gasteiger partial charge in [-0.15, -0.1) is 0 Å². The Kier molecular flexibility index (Phi) is 6.21. The molecule has 0 saturated carbocycles. The molecule has 1 aromatic carbocycles. The molecular weight excluding hydrogens is 288 g/mol. The number of hydrogen-bond acceptors (Lipinski definition) is 2. The van der Waals surface area contributed by atoms with Crippen molar-refractivity contribution in [2.45, 2.75) is 46.7 Å². The number of nitrogens with one attached hydrogen (secondary N) is 2. The summed E-state index contributed by atoms with van der Waals surface area (Å²) in [6.45, 7) is 7.53. The molecule has 1 rings (SSSR count). The van der Waals surface area contributed by atoms with Crippen LogP contribution in [0.15, 0.2) is 24.3 Å². The van der Waals surface area contributed by atoms with Crippen LogP contribution in [0.2, 0.25) is 5.02 Å². The molecule has 0 bridgehead atoms. The van der Waals surface area contributed by atoms with Crippen LogP contribution in [-0.2, 0) is 16.1 Å². The first-order valence-electron chi connectivity index (χ1n) is 7.11. The van der Waals surface area contributed by atoms with Gasteiger partial charge in [0, 0.05) is 17.6 Å². The summed E-state index contributed by atoms with van der Waals surface area (Å²) in [5, 5.41) is 6.28. The standard InChI is InChI=1S/C16H23ClN2O2/c1-5-11(2)19-15(21)16(3,4)14(20)18-10-12-6-8-13(17)9-7-12/h6-9,11H,5,10H2,1-4H3,(H,18,20)(H,19,21). The molecule has 4 nitrogen and oxygen atoms in total. The Morgan fingerprint density at radius 3 is 2.29 bits per heavy atom. The second-order valence-corrected chi connectivity index (χ2v) is 6.15. The van der Waals surface area contributed by atoms with Gasteiger partial charge >= 0.3 is 0 Å². The Labute approximate surface area is 131 Å². The van der Waals surface area contributed by atoms with E-state index in [-0.39, 0.29) is 17.9 Å². The average Bonchev–Trinajstić information content (AvgIpc) is 2.45. The van der Waals surface area contributed by atoms with E-state index in [1.165, 1.54) is 0 Å². The Balaban J connectivity index is 2.60. The van der Waals surface area contributed by atoms with Crippen LogP contribution in [-0.4, -0.2) is 17.9 Å². The molecule has 0 aromatic heterocycles. The van der Waals surface area contributed by atoms with Crippen molar-refractivity contribution < 1.29 is 9.59 Å². The zero-order chi connectivity index (χ0) is 16.0. The van der Waals surface area contributed by atoms with E-state index in [9.17, 15) is 9.59 Å². The van der Waals surface area contributed by atoms with E-state index >= 15 is 0 Å². The summed E-state index contributed by atoms with van der Waals surface area (Å²) in [6, 6.07) is 7.28. The van der Waals surface area contributed by atoms with Crippen LogP contribution >= 0.6 is 11.6 Å². The lowest BCUT2D eigenvalue weighted by atomic mass is 9.90. The van der Waals surface area contributed by atoms with Crippen molar-refractivity contribution in [3.05, 3.63) is 34.9 Å². The highest BCUT2D eigenvalue weighted by atomic mass is 35.5. The second kappa shape index (κ2) is 7.46. The fraction of sp³-hybridized carbons (Fsp3) is 0.500. The fourth-order valence-electron chi connectivity index (χ4n) is 1.61. The number of carbonyl (C=O) groups excluding carboxylic acids is 2. The number of carbonyl (C=O) groups is 2. The zero-order valence-corrected chi connectivity index (χ0v) is 13.8. The van der Waals surface area contributed by atoms with Gasteiger partial charge < -0.3 is 10.6 Å². The van der Waals surface area contributed by atoms with E-state index in [0.717, 1.165) is 12.0 Å². The van der Waals surface area contributed by atoms with Crippen LogP contribution in [0, 0.1) is 5.41 Å². The minimum absolute atomic E-state index is 0.0563. The van der Waals surface area contributed by atoms with Gasteiger partial charge in [0.1, 0.15) is 5.41 Å². The van der Waals surface area contributed by atoms with Gasteiger partial charge in [0.15, 0.2) is 0 Å². The van der Waals surface area contributed by atoms with Gasteiger partial charge in [0.05, 0.1) is 0 Å². The molecular formula is C16H23ClN2O2. The van der Waals surface area contributed by atoms with Gasteiger partial charge in [0.25, 0.3) is 0 Å². The van der Waals surface area contributed by atoms with E-state index in [4.69, 9.17) is 11.6 Å². The Morgan fingerprint density at radius 2 is 1.76 bits per heavy atom. The largest absolute Gasteiger partial charge is 0.353 e. The summed E-state index contributed by atoms with van der Waals surface area (Å²) in [6.07, 6.45) is 0.828. The van der Waals surface area contributed by atoms with E-state index in [0.29, 0.717) is 11.6 Å². The predicted molar refractivity (Wildman–Crippen MR) is 85.0 cm³/mol. The molecule has 0 heterocycles. The first kappa shape index (κ1) is 17.5. The minimum atomic E-state index is -1.10. The molecule has 5 heteroatoms. The third kappa shape index (κ3) is 5.05. The van der Waals surface area contributed by atoms with Crippen molar-refractivity contribution in [2.24, 2.45) is 5.41 Å². The predicted octanol–water partition coefficient (Wildman–Crippen LogP) is 2.90. The average molecular weight is 311 g/mol. The van der Waals surface area contributed by atoms with E-state index < -0.39 is 5.41 Å². The number of benzene rings is 1. The van der Waals surface area contributed by atoms with Crippen molar-refractivity contribution in [2.75, 3.05) is 0 Å². The normalized spacial score (nSPS) is 12.6. The monoisotopic (exact) mass is 310 g/mol. The molecule has 1 unspecified atom stereocenters. The molecule has 2 amide bonds. The summed E-state index contributed by atoms with van der Waals surface area (Å²) in [7, 11) is 0. The summed E-state index contributed by atoms with van der Waals surface area (Å²) in [4.78, 5) is 24.4. The van der Waals surface area contributed by atoms with Crippen LogP contribution in [0.3, 0.4) is 0 Å². The van der Waals surface area contributed by atoms with Gasteiger partial charge in [-0.3, -0.25) is 9.59 Å². The highest BCUT2D eigenvalue weighted by molar-refractivity contribution is 6.30. The van der Waals surface area contributed by atoms with E-state index in [2.05, 4.69) is 10.6 Å². The molecule has 116 valence electrons. The van der Waals surface area contributed by atoms with Crippen LogP contribution in [0.1, 0.15) is 39.7 Å². The maximum atomic E-state index is 12.2. The first-order valence-corrected chi connectivity index (χ1v) is 7.49. The van der Waals surface area contributed by atoms with Gasteiger partial charge in [-0.1, -0.05) is 30.7 Å². The Morgan fingerprint density at radius 1 is 1.19 bits per heavy atom. The molecule has 0 radical (unpaired) electrons. The third-order valence-electron chi connectivity index (χ3n) is 3.49. The third-order valence-corrected chi connectivity index (χ3v) is 3.74. The molecule has 21 heavy (non-hydrogen) atoms. The molecule has 0 spiro atoms. The summed E-state index contributed by atoms with van der Waals surface area (Å²) < 4.78 is 0. The minimum Gasteiger partial charge on any atom is -0.353 e. The van der Waals surface area contributed by atoms with Gasteiger partial charge in [-0.25, -0.2) is 0 Å². The van der Waals surface area contributed by atoms with Crippen molar-refractivity contribution in [3.63, 3.8) is 0 Å². The fourth-order valence-corrected chi connectivity index (χ4v) is 1.74. The highest BCUT2D eigenvalue weighted by Gasteiger charge is 2.36. The molecule has 2 N–H and O–H groups in total. The molecule has 0 saturated heterocycles. The maximum Gasteiger partial charge on any atom is 0.235 e. The lowest BCUT2D eigenvalue weighted by molar-refractivity contribution is -0.141. The van der Waals surface area contributed by atoms with Crippen molar-refractivity contribution in [1.29, 1.82) is 0 Å².